The molecular weight excluding hydrogens is 156 g/mol. The molecule has 0 amide bonds. The molecule has 3 nitrogen and oxygen atoms in total. The quantitative estimate of drug-likeness (QED) is 0.698. The van der Waals surface area contributed by atoms with Gasteiger partial charge in [0.25, 0.3) is 0 Å². The lowest BCUT2D eigenvalue weighted by atomic mass is 10.2. The molecular formula is C9H12O3. The molecule has 0 aliphatic heterocycles. The van der Waals surface area contributed by atoms with E-state index in [2.05, 4.69) is 0 Å². The summed E-state index contributed by atoms with van der Waals surface area (Å²) in [7, 11) is 1.53. The minimum atomic E-state index is 0.145. The fourth-order valence-corrected chi connectivity index (χ4v) is 0.872. The number of benzene rings is 1. The second kappa shape index (κ2) is 3.97. The van der Waals surface area contributed by atoms with E-state index in [4.69, 9.17) is 9.47 Å². The number of aromatic hydroxyl groups is 1. The first kappa shape index (κ1) is 8.87. The van der Waals surface area contributed by atoms with Crippen molar-refractivity contribution in [2.75, 3.05) is 13.9 Å². The molecule has 0 spiro atoms. The smallest absolute Gasteiger partial charge is 0.188 e. The molecule has 0 atom stereocenters. The molecule has 3 heteroatoms. The van der Waals surface area contributed by atoms with Crippen molar-refractivity contribution in [3.63, 3.8) is 0 Å². The lowest BCUT2D eigenvalue weighted by Crippen LogP contribution is -1.98. The van der Waals surface area contributed by atoms with Gasteiger partial charge in [-0.25, -0.2) is 0 Å². The molecule has 1 N–H and O–H groups in total. The number of aryl methyl sites for hydroxylation is 1. The van der Waals surface area contributed by atoms with Gasteiger partial charge in [0.2, 0.25) is 0 Å². The van der Waals surface area contributed by atoms with Gasteiger partial charge in [0.1, 0.15) is 0 Å². The van der Waals surface area contributed by atoms with Crippen molar-refractivity contribution >= 4 is 0 Å². The first-order chi connectivity index (χ1) is 5.74. The van der Waals surface area contributed by atoms with Crippen LogP contribution in [0.4, 0.5) is 0 Å². The zero-order chi connectivity index (χ0) is 8.97. The Morgan fingerprint density at radius 3 is 2.75 bits per heavy atom. The highest BCUT2D eigenvalue weighted by atomic mass is 16.7. The number of hydrogen-bond donors (Lipinski definition) is 1. The molecule has 0 fully saturated rings. The van der Waals surface area contributed by atoms with Crippen LogP contribution in [-0.4, -0.2) is 19.0 Å². The SMILES string of the molecule is COCOc1ccc(C)cc1O. The summed E-state index contributed by atoms with van der Waals surface area (Å²) < 4.78 is 9.77. The van der Waals surface area contributed by atoms with Crippen LogP contribution in [0.15, 0.2) is 18.2 Å². The monoisotopic (exact) mass is 168 g/mol. The van der Waals surface area contributed by atoms with Crippen molar-refractivity contribution in [2.24, 2.45) is 0 Å². The van der Waals surface area contributed by atoms with Crippen molar-refractivity contribution in [2.45, 2.75) is 6.92 Å². The Morgan fingerprint density at radius 1 is 1.42 bits per heavy atom. The third-order valence-corrected chi connectivity index (χ3v) is 1.45. The summed E-state index contributed by atoms with van der Waals surface area (Å²) in [5.74, 6) is 0.592. The van der Waals surface area contributed by atoms with Gasteiger partial charge in [-0.05, 0) is 24.6 Å². The summed E-state index contributed by atoms with van der Waals surface area (Å²) in [6.45, 7) is 2.05. The van der Waals surface area contributed by atoms with E-state index in [-0.39, 0.29) is 12.5 Å². The van der Waals surface area contributed by atoms with Crippen molar-refractivity contribution in [1.82, 2.24) is 0 Å². The molecule has 66 valence electrons. The molecule has 0 radical (unpaired) electrons. The molecule has 0 aromatic heterocycles. The van der Waals surface area contributed by atoms with E-state index < -0.39 is 0 Å². The Hall–Kier alpha value is -1.22. The van der Waals surface area contributed by atoms with Crippen LogP contribution < -0.4 is 4.74 Å². The summed E-state index contributed by atoms with van der Waals surface area (Å²) >= 11 is 0. The van der Waals surface area contributed by atoms with Gasteiger partial charge in [-0.15, -0.1) is 0 Å². The first-order valence-electron chi connectivity index (χ1n) is 3.65. The summed E-state index contributed by atoms with van der Waals surface area (Å²) in [5.41, 5.74) is 0.997. The van der Waals surface area contributed by atoms with Crippen LogP contribution in [0.5, 0.6) is 11.5 Å². The number of phenolic OH excluding ortho intramolecular Hbond substituents is 1. The Bertz CT molecular complexity index is 258. The standard InChI is InChI=1S/C9H12O3/c1-7-3-4-9(8(10)5-7)12-6-11-2/h3-5,10H,6H2,1-2H3. The summed E-state index contributed by atoms with van der Waals surface area (Å²) in [6.07, 6.45) is 0. The highest BCUT2D eigenvalue weighted by molar-refractivity contribution is 5.41. The van der Waals surface area contributed by atoms with E-state index in [1.54, 1.807) is 12.1 Å². The normalized spacial score (nSPS) is 9.83. The molecule has 1 aromatic rings. The second-order valence-electron chi connectivity index (χ2n) is 2.52. The van der Waals surface area contributed by atoms with Gasteiger partial charge in [-0.3, -0.25) is 0 Å². The molecule has 0 bridgehead atoms. The maximum absolute atomic E-state index is 9.34. The summed E-state index contributed by atoms with van der Waals surface area (Å²) in [5, 5.41) is 9.34. The van der Waals surface area contributed by atoms with Gasteiger partial charge in [0, 0.05) is 7.11 Å². The Kier molecular flexibility index (Phi) is 2.94. The lowest BCUT2D eigenvalue weighted by molar-refractivity contribution is 0.0492. The van der Waals surface area contributed by atoms with Crippen LogP contribution in [0.25, 0.3) is 0 Å². The number of phenols is 1. The second-order valence-corrected chi connectivity index (χ2v) is 2.52. The number of methoxy groups -OCH3 is 1. The zero-order valence-electron chi connectivity index (χ0n) is 7.20. The van der Waals surface area contributed by atoms with Gasteiger partial charge in [-0.1, -0.05) is 6.07 Å². The van der Waals surface area contributed by atoms with E-state index in [0.717, 1.165) is 5.56 Å². The van der Waals surface area contributed by atoms with Crippen molar-refractivity contribution in [3.05, 3.63) is 23.8 Å². The maximum atomic E-state index is 9.34. The highest BCUT2D eigenvalue weighted by Crippen LogP contribution is 2.26. The average molecular weight is 168 g/mol. The molecule has 0 saturated carbocycles. The molecule has 12 heavy (non-hydrogen) atoms. The van der Waals surface area contributed by atoms with Crippen LogP contribution in [-0.2, 0) is 4.74 Å². The lowest BCUT2D eigenvalue weighted by Gasteiger charge is -2.06. The predicted molar refractivity (Wildman–Crippen MR) is 45.3 cm³/mol. The molecule has 0 aliphatic carbocycles. The predicted octanol–water partition coefficient (Wildman–Crippen LogP) is 1.68. The summed E-state index contributed by atoms with van der Waals surface area (Å²) in [6, 6.07) is 5.22. The Morgan fingerprint density at radius 2 is 2.17 bits per heavy atom. The maximum Gasteiger partial charge on any atom is 0.188 e. The number of rotatable bonds is 3. The first-order valence-corrected chi connectivity index (χ1v) is 3.65. The zero-order valence-corrected chi connectivity index (χ0v) is 7.20. The summed E-state index contributed by atoms with van der Waals surface area (Å²) in [4.78, 5) is 0. The minimum Gasteiger partial charge on any atom is -0.504 e. The van der Waals surface area contributed by atoms with Gasteiger partial charge < -0.3 is 14.6 Å². The van der Waals surface area contributed by atoms with Crippen LogP contribution in [0.1, 0.15) is 5.56 Å². The van der Waals surface area contributed by atoms with Crippen LogP contribution >= 0.6 is 0 Å². The van der Waals surface area contributed by atoms with Gasteiger partial charge in [0.05, 0.1) is 0 Å². The fraction of sp³-hybridized carbons (Fsp3) is 0.333. The third-order valence-electron chi connectivity index (χ3n) is 1.45. The fourth-order valence-electron chi connectivity index (χ4n) is 0.872. The molecule has 0 heterocycles. The molecule has 0 unspecified atom stereocenters. The van der Waals surface area contributed by atoms with Crippen molar-refractivity contribution in [1.29, 1.82) is 0 Å². The van der Waals surface area contributed by atoms with Crippen LogP contribution in [0.2, 0.25) is 0 Å². The van der Waals surface area contributed by atoms with E-state index >= 15 is 0 Å². The van der Waals surface area contributed by atoms with Crippen LogP contribution in [0, 0.1) is 6.92 Å². The molecule has 1 rings (SSSR count). The van der Waals surface area contributed by atoms with Gasteiger partial charge >= 0.3 is 0 Å². The van der Waals surface area contributed by atoms with Gasteiger partial charge in [0.15, 0.2) is 18.3 Å². The molecule has 0 saturated heterocycles. The largest absolute Gasteiger partial charge is 0.504 e. The van der Waals surface area contributed by atoms with E-state index in [0.29, 0.717) is 5.75 Å². The molecule has 0 aliphatic rings. The van der Waals surface area contributed by atoms with Crippen LogP contribution in [0.3, 0.4) is 0 Å². The Labute approximate surface area is 71.5 Å². The highest BCUT2D eigenvalue weighted by Gasteiger charge is 2.00. The van der Waals surface area contributed by atoms with Gasteiger partial charge in [-0.2, -0.15) is 0 Å². The molecule has 1 aromatic carbocycles. The Balaban J connectivity index is 2.72. The topological polar surface area (TPSA) is 38.7 Å². The third kappa shape index (κ3) is 2.13. The number of ether oxygens (including phenoxy) is 2. The minimum absolute atomic E-state index is 0.145. The average Bonchev–Trinajstić information content (AvgIpc) is 2.03. The van der Waals surface area contributed by atoms with E-state index in [9.17, 15) is 5.11 Å². The number of hydrogen-bond acceptors (Lipinski definition) is 3. The van der Waals surface area contributed by atoms with E-state index in [1.807, 2.05) is 13.0 Å². The van der Waals surface area contributed by atoms with E-state index in [1.165, 1.54) is 7.11 Å². The van der Waals surface area contributed by atoms with Crippen molar-refractivity contribution in [3.8, 4) is 11.5 Å². The van der Waals surface area contributed by atoms with Crippen molar-refractivity contribution < 1.29 is 14.6 Å².